The molecule has 0 atom stereocenters. The fourth-order valence-corrected chi connectivity index (χ4v) is 1.59. The van der Waals surface area contributed by atoms with Crippen LogP contribution in [0.1, 0.15) is 10.4 Å². The van der Waals surface area contributed by atoms with Gasteiger partial charge in [-0.2, -0.15) is 13.5 Å². The van der Waals surface area contributed by atoms with E-state index < -0.39 is 5.82 Å². The Morgan fingerprint density at radius 3 is 2.35 bits per heavy atom. The standard InChI is InChI=1S/C7H6FNO.C7H9NS.H2S/c8-6-2-1-5(4-10)3-7(6)9;1-8-6-4-2-3-5-7(6)9;/h1-4H,9H2;2-5,8-9H,1H3;1H2. The minimum Gasteiger partial charge on any atom is -0.396 e. The fraction of sp³-hybridized carbons (Fsp3) is 0.0714. The quantitative estimate of drug-likeness (QED) is 0.453. The third kappa shape index (κ3) is 5.54. The van der Waals surface area contributed by atoms with Gasteiger partial charge in [0.25, 0.3) is 0 Å². The Labute approximate surface area is 130 Å². The van der Waals surface area contributed by atoms with Crippen LogP contribution in [-0.4, -0.2) is 13.3 Å². The smallest absolute Gasteiger partial charge is 0.150 e. The third-order valence-corrected chi connectivity index (χ3v) is 2.72. The van der Waals surface area contributed by atoms with Crippen molar-refractivity contribution in [3.8, 4) is 0 Å². The zero-order valence-electron chi connectivity index (χ0n) is 10.9. The van der Waals surface area contributed by atoms with Crippen LogP contribution in [0.2, 0.25) is 0 Å². The number of nitrogen functional groups attached to an aromatic ring is 1. The maximum atomic E-state index is 12.4. The Bertz CT molecular complexity index is 565. The lowest BCUT2D eigenvalue weighted by Crippen LogP contribution is -1.91. The number of thiol groups is 1. The minimum atomic E-state index is -0.495. The topological polar surface area (TPSA) is 55.1 Å². The summed E-state index contributed by atoms with van der Waals surface area (Å²) in [6, 6.07) is 11.7. The molecule has 3 nitrogen and oxygen atoms in total. The number of nitrogens with one attached hydrogen (secondary N) is 1. The molecule has 0 saturated carbocycles. The van der Waals surface area contributed by atoms with E-state index in [-0.39, 0.29) is 19.2 Å². The number of nitrogens with two attached hydrogens (primary N) is 1. The number of hydrogen-bond acceptors (Lipinski definition) is 4. The van der Waals surface area contributed by atoms with E-state index in [0.717, 1.165) is 10.6 Å². The van der Waals surface area contributed by atoms with Gasteiger partial charge in [-0.1, -0.05) is 12.1 Å². The van der Waals surface area contributed by atoms with Crippen molar-refractivity contribution >= 4 is 43.8 Å². The summed E-state index contributed by atoms with van der Waals surface area (Å²) < 4.78 is 12.4. The second kappa shape index (κ2) is 9.28. The largest absolute Gasteiger partial charge is 0.396 e. The van der Waals surface area contributed by atoms with Crippen LogP contribution in [0.4, 0.5) is 15.8 Å². The van der Waals surface area contributed by atoms with Crippen LogP contribution in [0.25, 0.3) is 0 Å². The molecule has 0 bridgehead atoms. The molecule has 0 fully saturated rings. The molecule has 2 aromatic rings. The maximum Gasteiger partial charge on any atom is 0.150 e. The van der Waals surface area contributed by atoms with Crippen LogP contribution in [0, 0.1) is 5.82 Å². The number of aldehydes is 1. The predicted octanol–water partition coefficient (Wildman–Crippen LogP) is 3.35. The molecule has 0 heterocycles. The van der Waals surface area contributed by atoms with Gasteiger partial charge in [-0.25, -0.2) is 4.39 Å². The molecule has 0 aliphatic carbocycles. The first kappa shape index (κ1) is 18.3. The summed E-state index contributed by atoms with van der Waals surface area (Å²) >= 11 is 4.22. The molecule has 0 aliphatic heterocycles. The number of hydrogen-bond donors (Lipinski definition) is 3. The van der Waals surface area contributed by atoms with Crippen LogP contribution in [0.15, 0.2) is 47.4 Å². The maximum absolute atomic E-state index is 12.4. The van der Waals surface area contributed by atoms with Gasteiger partial charge in [0, 0.05) is 23.2 Å². The van der Waals surface area contributed by atoms with Crippen LogP contribution < -0.4 is 11.1 Å². The van der Waals surface area contributed by atoms with E-state index in [4.69, 9.17) is 5.73 Å². The average Bonchev–Trinajstić information content (AvgIpc) is 2.43. The molecular weight excluding hydrogens is 295 g/mol. The van der Waals surface area contributed by atoms with Gasteiger partial charge in [0.2, 0.25) is 0 Å². The lowest BCUT2D eigenvalue weighted by atomic mass is 10.2. The van der Waals surface area contributed by atoms with Crippen LogP contribution in [0.5, 0.6) is 0 Å². The molecule has 0 radical (unpaired) electrons. The number of anilines is 2. The molecule has 0 saturated heterocycles. The van der Waals surface area contributed by atoms with Crippen molar-refractivity contribution in [3.05, 3.63) is 53.8 Å². The molecule has 3 N–H and O–H groups in total. The monoisotopic (exact) mass is 312 g/mol. The van der Waals surface area contributed by atoms with Gasteiger partial charge in [-0.05, 0) is 30.3 Å². The molecular formula is C14H17FN2OS2. The van der Waals surface area contributed by atoms with Crippen molar-refractivity contribution in [3.63, 3.8) is 0 Å². The first-order chi connectivity index (χ1) is 9.08. The molecule has 2 aromatic carbocycles. The van der Waals surface area contributed by atoms with Crippen molar-refractivity contribution in [2.75, 3.05) is 18.1 Å². The highest BCUT2D eigenvalue weighted by molar-refractivity contribution is 7.80. The first-order valence-corrected chi connectivity index (χ1v) is 5.99. The van der Waals surface area contributed by atoms with Gasteiger partial charge >= 0.3 is 0 Å². The molecule has 0 aliphatic rings. The summed E-state index contributed by atoms with van der Waals surface area (Å²) in [5, 5.41) is 3.02. The van der Waals surface area contributed by atoms with Crippen molar-refractivity contribution in [2.24, 2.45) is 0 Å². The second-order valence-corrected chi connectivity index (χ2v) is 4.15. The van der Waals surface area contributed by atoms with Gasteiger partial charge in [-0.15, -0.1) is 12.6 Å². The highest BCUT2D eigenvalue weighted by Gasteiger charge is 1.96. The minimum absolute atomic E-state index is 0. The summed E-state index contributed by atoms with van der Waals surface area (Å²) in [5.41, 5.74) is 6.62. The number of carbonyl (C=O) groups is 1. The molecule has 0 unspecified atom stereocenters. The van der Waals surface area contributed by atoms with Gasteiger partial charge in [0.15, 0.2) is 0 Å². The zero-order chi connectivity index (χ0) is 14.3. The number of para-hydroxylation sites is 1. The second-order valence-electron chi connectivity index (χ2n) is 3.67. The number of halogens is 1. The van der Waals surface area contributed by atoms with Crippen molar-refractivity contribution in [2.45, 2.75) is 4.90 Å². The normalized spacial score (nSPS) is 8.75. The van der Waals surface area contributed by atoms with E-state index in [2.05, 4.69) is 17.9 Å². The Morgan fingerprint density at radius 2 is 1.90 bits per heavy atom. The summed E-state index contributed by atoms with van der Waals surface area (Å²) in [6.45, 7) is 0. The third-order valence-electron chi connectivity index (χ3n) is 2.33. The fourth-order valence-electron chi connectivity index (χ4n) is 1.32. The van der Waals surface area contributed by atoms with Crippen LogP contribution >= 0.6 is 26.1 Å². The zero-order valence-corrected chi connectivity index (χ0v) is 12.8. The van der Waals surface area contributed by atoms with Crippen molar-refractivity contribution in [1.82, 2.24) is 0 Å². The van der Waals surface area contributed by atoms with E-state index in [0.29, 0.717) is 11.8 Å². The van der Waals surface area contributed by atoms with Gasteiger partial charge in [0.1, 0.15) is 12.1 Å². The number of benzene rings is 2. The van der Waals surface area contributed by atoms with E-state index in [1.807, 2.05) is 31.3 Å². The molecule has 108 valence electrons. The summed E-state index contributed by atoms with van der Waals surface area (Å²) in [4.78, 5) is 11.1. The Kier molecular flexibility index (Phi) is 8.51. The van der Waals surface area contributed by atoms with E-state index in [9.17, 15) is 9.18 Å². The first-order valence-electron chi connectivity index (χ1n) is 5.54. The molecule has 0 spiro atoms. The summed E-state index contributed by atoms with van der Waals surface area (Å²) in [5.74, 6) is -0.495. The molecule has 0 aromatic heterocycles. The highest BCUT2D eigenvalue weighted by Crippen LogP contribution is 2.16. The highest BCUT2D eigenvalue weighted by atomic mass is 32.1. The molecule has 0 amide bonds. The average molecular weight is 312 g/mol. The lowest BCUT2D eigenvalue weighted by Gasteiger charge is -2.00. The SMILES string of the molecule is CNc1ccccc1S.Nc1cc(C=O)ccc1F.S. The predicted molar refractivity (Wildman–Crippen MR) is 89.8 cm³/mol. The summed E-state index contributed by atoms with van der Waals surface area (Å²) in [6.07, 6.45) is 0.621. The number of rotatable bonds is 2. The molecule has 2 rings (SSSR count). The molecule has 20 heavy (non-hydrogen) atoms. The van der Waals surface area contributed by atoms with Crippen molar-refractivity contribution < 1.29 is 9.18 Å². The van der Waals surface area contributed by atoms with E-state index in [1.54, 1.807) is 0 Å². The van der Waals surface area contributed by atoms with Crippen molar-refractivity contribution in [1.29, 1.82) is 0 Å². The van der Waals surface area contributed by atoms with Gasteiger partial charge in [0.05, 0.1) is 5.69 Å². The van der Waals surface area contributed by atoms with Gasteiger partial charge in [-0.3, -0.25) is 4.79 Å². The van der Waals surface area contributed by atoms with Crippen LogP contribution in [-0.2, 0) is 0 Å². The number of carbonyl (C=O) groups excluding carboxylic acids is 1. The Hall–Kier alpha value is -1.66. The van der Waals surface area contributed by atoms with E-state index in [1.165, 1.54) is 18.2 Å². The summed E-state index contributed by atoms with van der Waals surface area (Å²) in [7, 11) is 1.88. The molecule has 6 heteroatoms. The van der Waals surface area contributed by atoms with Gasteiger partial charge < -0.3 is 11.1 Å². The lowest BCUT2D eigenvalue weighted by molar-refractivity contribution is 0.112. The van der Waals surface area contributed by atoms with Crippen LogP contribution in [0.3, 0.4) is 0 Å². The Balaban J connectivity index is 0.000000345. The van der Waals surface area contributed by atoms with E-state index >= 15 is 0 Å². The Morgan fingerprint density at radius 1 is 1.25 bits per heavy atom.